The molecule has 1 unspecified atom stereocenters. The molecule has 1 atom stereocenters. The van der Waals surface area contributed by atoms with Crippen LogP contribution in [0.5, 0.6) is 0 Å². The molecule has 1 N–H and O–H groups in total. The summed E-state index contributed by atoms with van der Waals surface area (Å²) in [5, 5.41) is 3.06. The van der Waals surface area contributed by atoms with Crippen LogP contribution in [0.4, 0.5) is 14.5 Å². The highest BCUT2D eigenvalue weighted by Crippen LogP contribution is 2.29. The second kappa shape index (κ2) is 7.21. The average Bonchev–Trinajstić information content (AvgIpc) is 2.51. The van der Waals surface area contributed by atoms with Crippen molar-refractivity contribution in [3.05, 3.63) is 65.2 Å². The van der Waals surface area contributed by atoms with Crippen LogP contribution in [0.2, 0.25) is 0 Å². The Morgan fingerprint density at radius 2 is 1.76 bits per heavy atom. The van der Waals surface area contributed by atoms with E-state index in [9.17, 15) is 8.78 Å². The van der Waals surface area contributed by atoms with Gasteiger partial charge in [0.15, 0.2) is 5.82 Å². The molecule has 0 spiro atoms. The van der Waals surface area contributed by atoms with E-state index in [1.54, 1.807) is 6.92 Å². The van der Waals surface area contributed by atoms with Crippen molar-refractivity contribution in [3.63, 3.8) is 0 Å². The van der Waals surface area contributed by atoms with Crippen LogP contribution in [0.3, 0.4) is 0 Å². The van der Waals surface area contributed by atoms with Gasteiger partial charge >= 0.3 is 0 Å². The van der Waals surface area contributed by atoms with Gasteiger partial charge in [0.25, 0.3) is 0 Å². The van der Waals surface area contributed by atoms with E-state index in [0.29, 0.717) is 5.56 Å². The van der Waals surface area contributed by atoms with E-state index >= 15 is 0 Å². The quantitative estimate of drug-likeness (QED) is 0.728. The molecular formula is C18H21F2N. The normalized spacial score (nSPS) is 12.2. The first-order valence-electron chi connectivity index (χ1n) is 7.39. The third kappa shape index (κ3) is 3.81. The molecular weight excluding hydrogens is 268 g/mol. The summed E-state index contributed by atoms with van der Waals surface area (Å²) < 4.78 is 28.1. The second-order valence-corrected chi connectivity index (χ2v) is 5.30. The van der Waals surface area contributed by atoms with Crippen molar-refractivity contribution < 1.29 is 8.78 Å². The number of unbranched alkanes of at least 4 members (excludes halogenated alkanes) is 1. The smallest absolute Gasteiger partial charge is 0.152 e. The van der Waals surface area contributed by atoms with Crippen LogP contribution < -0.4 is 5.32 Å². The van der Waals surface area contributed by atoms with Crippen molar-refractivity contribution in [1.29, 1.82) is 0 Å². The third-order valence-corrected chi connectivity index (χ3v) is 3.65. The van der Waals surface area contributed by atoms with Crippen LogP contribution in [0.25, 0.3) is 0 Å². The summed E-state index contributed by atoms with van der Waals surface area (Å²) in [4.78, 5) is 0. The van der Waals surface area contributed by atoms with Crippen LogP contribution in [0.1, 0.15) is 43.4 Å². The van der Waals surface area contributed by atoms with Crippen molar-refractivity contribution in [2.45, 2.75) is 39.2 Å². The molecule has 0 fully saturated rings. The van der Waals surface area contributed by atoms with Crippen LogP contribution in [-0.2, 0) is 0 Å². The number of anilines is 1. The Hall–Kier alpha value is -1.90. The average molecular weight is 289 g/mol. The molecule has 0 saturated heterocycles. The fourth-order valence-corrected chi connectivity index (χ4v) is 2.38. The maximum Gasteiger partial charge on any atom is 0.152 e. The predicted molar refractivity (Wildman–Crippen MR) is 83.4 cm³/mol. The Balaban J connectivity index is 2.29. The monoisotopic (exact) mass is 289 g/mol. The summed E-state index contributed by atoms with van der Waals surface area (Å²) >= 11 is 0. The first kappa shape index (κ1) is 15.5. The Kier molecular flexibility index (Phi) is 5.32. The molecule has 0 aliphatic carbocycles. The molecule has 112 valence electrons. The van der Waals surface area contributed by atoms with Gasteiger partial charge in [-0.3, -0.25) is 0 Å². The summed E-state index contributed by atoms with van der Waals surface area (Å²) in [5.74, 6) is -1.05. The predicted octanol–water partition coefficient (Wildman–Crippen LogP) is 5.62. The number of hydrogen-bond acceptors (Lipinski definition) is 1. The lowest BCUT2D eigenvalue weighted by Crippen LogP contribution is -2.13. The van der Waals surface area contributed by atoms with Gasteiger partial charge in [-0.15, -0.1) is 0 Å². The van der Waals surface area contributed by atoms with Gasteiger partial charge in [-0.05, 0) is 30.5 Å². The van der Waals surface area contributed by atoms with E-state index in [4.69, 9.17) is 0 Å². The van der Waals surface area contributed by atoms with Crippen molar-refractivity contribution in [2.75, 3.05) is 5.32 Å². The zero-order valence-electron chi connectivity index (χ0n) is 12.5. The van der Waals surface area contributed by atoms with Gasteiger partial charge in [0.2, 0.25) is 0 Å². The molecule has 0 radical (unpaired) electrons. The molecule has 2 aromatic carbocycles. The zero-order chi connectivity index (χ0) is 15.2. The molecule has 2 rings (SSSR count). The molecule has 2 aromatic rings. The van der Waals surface area contributed by atoms with E-state index in [1.165, 1.54) is 12.1 Å². The van der Waals surface area contributed by atoms with E-state index in [-0.39, 0.29) is 11.7 Å². The van der Waals surface area contributed by atoms with Gasteiger partial charge in [0.05, 0.1) is 6.04 Å². The van der Waals surface area contributed by atoms with Crippen LogP contribution >= 0.6 is 0 Å². The highest BCUT2D eigenvalue weighted by molar-refractivity contribution is 5.50. The maximum atomic E-state index is 14.2. The lowest BCUT2D eigenvalue weighted by Gasteiger charge is -2.21. The zero-order valence-corrected chi connectivity index (χ0v) is 12.5. The minimum Gasteiger partial charge on any atom is -0.373 e. The van der Waals surface area contributed by atoms with Crippen LogP contribution in [0.15, 0.2) is 42.5 Å². The molecule has 21 heavy (non-hydrogen) atoms. The highest BCUT2D eigenvalue weighted by Gasteiger charge is 2.17. The van der Waals surface area contributed by atoms with Crippen molar-refractivity contribution in [1.82, 2.24) is 0 Å². The number of benzene rings is 2. The van der Waals surface area contributed by atoms with E-state index in [1.807, 2.05) is 30.3 Å². The third-order valence-electron chi connectivity index (χ3n) is 3.65. The van der Waals surface area contributed by atoms with Gasteiger partial charge in [-0.25, -0.2) is 8.78 Å². The summed E-state index contributed by atoms with van der Waals surface area (Å²) in [5.41, 5.74) is 1.47. The minimum absolute atomic E-state index is 0.0278. The van der Waals surface area contributed by atoms with Crippen molar-refractivity contribution >= 4 is 5.69 Å². The van der Waals surface area contributed by atoms with Crippen LogP contribution in [-0.4, -0.2) is 0 Å². The van der Waals surface area contributed by atoms with Crippen molar-refractivity contribution in [2.24, 2.45) is 0 Å². The number of rotatable bonds is 6. The molecule has 1 nitrogen and oxygen atoms in total. The molecule has 0 saturated carbocycles. The first-order chi connectivity index (χ1) is 10.1. The molecule has 0 amide bonds. The minimum atomic E-state index is -0.546. The highest BCUT2D eigenvalue weighted by atomic mass is 19.1. The lowest BCUT2D eigenvalue weighted by atomic mass is 10.0. The molecule has 0 aromatic heterocycles. The van der Waals surface area contributed by atoms with Crippen LogP contribution in [0, 0.1) is 18.6 Å². The first-order valence-corrected chi connectivity index (χ1v) is 7.39. The van der Waals surface area contributed by atoms with Gasteiger partial charge in [0.1, 0.15) is 11.5 Å². The van der Waals surface area contributed by atoms with E-state index in [2.05, 4.69) is 12.2 Å². The fraction of sp³-hybridized carbons (Fsp3) is 0.333. The Morgan fingerprint density at radius 1 is 1.05 bits per heavy atom. The standard InChI is InChI=1S/C18H21F2N/c1-3-4-10-16(14-8-6-5-7-9-14)21-18-15(19)12-11-13(2)17(18)20/h5-9,11-12,16,21H,3-4,10H2,1-2H3. The number of halogens is 2. The van der Waals surface area contributed by atoms with E-state index < -0.39 is 11.6 Å². The topological polar surface area (TPSA) is 12.0 Å². The number of hydrogen-bond donors (Lipinski definition) is 1. The molecule has 0 bridgehead atoms. The molecule has 0 heterocycles. The number of aryl methyl sites for hydroxylation is 1. The second-order valence-electron chi connectivity index (χ2n) is 5.30. The van der Waals surface area contributed by atoms with Gasteiger partial charge in [-0.2, -0.15) is 0 Å². The Labute approximate surface area is 125 Å². The molecule has 3 heteroatoms. The molecule has 0 aliphatic heterocycles. The van der Waals surface area contributed by atoms with Gasteiger partial charge < -0.3 is 5.32 Å². The van der Waals surface area contributed by atoms with Gasteiger partial charge in [0, 0.05) is 0 Å². The maximum absolute atomic E-state index is 14.2. The summed E-state index contributed by atoms with van der Waals surface area (Å²) in [6, 6.07) is 12.5. The summed E-state index contributed by atoms with van der Waals surface area (Å²) in [7, 11) is 0. The largest absolute Gasteiger partial charge is 0.373 e. The van der Waals surface area contributed by atoms with Gasteiger partial charge in [-0.1, -0.05) is 56.2 Å². The fourth-order valence-electron chi connectivity index (χ4n) is 2.38. The lowest BCUT2D eigenvalue weighted by molar-refractivity contribution is 0.567. The van der Waals surface area contributed by atoms with Crippen molar-refractivity contribution in [3.8, 4) is 0 Å². The summed E-state index contributed by atoms with van der Waals surface area (Å²) in [6.07, 6.45) is 2.89. The number of nitrogens with one attached hydrogen (secondary N) is 1. The Morgan fingerprint density at radius 3 is 2.43 bits per heavy atom. The molecule has 0 aliphatic rings. The summed E-state index contributed by atoms with van der Waals surface area (Å²) in [6.45, 7) is 3.75. The Bertz CT molecular complexity index is 581. The SMILES string of the molecule is CCCCC(Nc1c(F)ccc(C)c1F)c1ccccc1. The van der Waals surface area contributed by atoms with E-state index in [0.717, 1.165) is 24.8 Å².